The molecule has 1 N–H and O–H groups in total. The van der Waals surface area contributed by atoms with Gasteiger partial charge in [-0.15, -0.1) is 0 Å². The fraction of sp³-hybridized carbons (Fsp3) is 1.00. The van der Waals surface area contributed by atoms with Crippen molar-refractivity contribution in [3.63, 3.8) is 0 Å². The first kappa shape index (κ1) is 12.3. The van der Waals surface area contributed by atoms with E-state index in [4.69, 9.17) is 0 Å². The Bertz CT molecular complexity index is 345. The first-order valence-corrected chi connectivity index (χ1v) is 7.66. The van der Waals surface area contributed by atoms with Crippen molar-refractivity contribution in [3.8, 4) is 0 Å². The fourth-order valence-corrected chi connectivity index (χ4v) is 4.26. The number of hydrogen-bond acceptors (Lipinski definition) is 3. The van der Waals surface area contributed by atoms with Crippen LogP contribution >= 0.6 is 0 Å². The van der Waals surface area contributed by atoms with Gasteiger partial charge in [0.05, 0.1) is 5.25 Å². The second-order valence-corrected chi connectivity index (χ2v) is 7.95. The van der Waals surface area contributed by atoms with E-state index < -0.39 is 10.0 Å². The Kier molecular flexibility index (Phi) is 3.29. The molecule has 0 saturated carbocycles. The van der Waals surface area contributed by atoms with Crippen LogP contribution in [0.15, 0.2) is 0 Å². The molecule has 2 fully saturated rings. The molecule has 1 spiro atoms. The van der Waals surface area contributed by atoms with Gasteiger partial charge in [0.1, 0.15) is 0 Å². The number of nitrogens with one attached hydrogen (secondary N) is 1. The third-order valence-electron chi connectivity index (χ3n) is 3.91. The van der Waals surface area contributed by atoms with Crippen molar-refractivity contribution < 1.29 is 8.42 Å². The fourth-order valence-electron chi connectivity index (χ4n) is 2.82. The molecule has 0 aromatic heterocycles. The van der Waals surface area contributed by atoms with E-state index in [1.54, 1.807) is 18.2 Å². The highest BCUT2D eigenvalue weighted by molar-refractivity contribution is 7.89. The molecular weight excluding hydrogens is 224 g/mol. The van der Waals surface area contributed by atoms with E-state index in [0.717, 1.165) is 32.5 Å². The Hall–Kier alpha value is -0.130. The van der Waals surface area contributed by atoms with Crippen molar-refractivity contribution in [2.75, 3.05) is 26.2 Å². The van der Waals surface area contributed by atoms with E-state index in [1.165, 1.54) is 6.42 Å². The van der Waals surface area contributed by atoms with E-state index in [2.05, 4.69) is 5.32 Å². The van der Waals surface area contributed by atoms with Gasteiger partial charge in [-0.25, -0.2) is 12.7 Å². The third-order valence-corrected chi connectivity index (χ3v) is 6.14. The predicted octanol–water partition coefficient (Wildman–Crippen LogP) is 0.800. The molecule has 2 saturated heterocycles. The van der Waals surface area contributed by atoms with Crippen molar-refractivity contribution in [2.24, 2.45) is 5.41 Å². The first-order chi connectivity index (χ1) is 7.46. The number of rotatable bonds is 2. The zero-order valence-corrected chi connectivity index (χ0v) is 11.0. The summed E-state index contributed by atoms with van der Waals surface area (Å²) in [4.78, 5) is 0. The Morgan fingerprint density at radius 2 is 2.06 bits per heavy atom. The molecule has 1 atom stereocenters. The minimum atomic E-state index is -3.06. The largest absolute Gasteiger partial charge is 0.316 e. The minimum Gasteiger partial charge on any atom is -0.316 e. The summed E-state index contributed by atoms with van der Waals surface area (Å²) in [5.41, 5.74) is 0.222. The molecule has 94 valence electrons. The summed E-state index contributed by atoms with van der Waals surface area (Å²) in [5.74, 6) is 0. The van der Waals surface area contributed by atoms with Crippen LogP contribution in [0.2, 0.25) is 0 Å². The van der Waals surface area contributed by atoms with Crippen LogP contribution in [0, 0.1) is 5.41 Å². The van der Waals surface area contributed by atoms with Crippen LogP contribution in [-0.4, -0.2) is 44.2 Å². The molecule has 5 heteroatoms. The summed E-state index contributed by atoms with van der Waals surface area (Å²) in [6.45, 7) is 6.99. The van der Waals surface area contributed by atoms with E-state index in [9.17, 15) is 8.42 Å². The van der Waals surface area contributed by atoms with Crippen LogP contribution < -0.4 is 5.32 Å². The lowest BCUT2D eigenvalue weighted by atomic mass is 9.80. The van der Waals surface area contributed by atoms with Crippen molar-refractivity contribution in [1.29, 1.82) is 0 Å². The van der Waals surface area contributed by atoms with Crippen LogP contribution in [0.4, 0.5) is 0 Å². The third kappa shape index (κ3) is 2.13. The Morgan fingerprint density at radius 1 is 1.31 bits per heavy atom. The Morgan fingerprint density at radius 3 is 2.62 bits per heavy atom. The topological polar surface area (TPSA) is 49.4 Å². The number of nitrogens with zero attached hydrogens (tertiary/aromatic N) is 1. The average Bonchev–Trinajstić information content (AvgIpc) is 2.66. The van der Waals surface area contributed by atoms with Gasteiger partial charge < -0.3 is 5.32 Å². The molecule has 16 heavy (non-hydrogen) atoms. The zero-order chi connectivity index (χ0) is 11.8. The Balaban J connectivity index is 2.13. The average molecular weight is 246 g/mol. The smallest absolute Gasteiger partial charge is 0.216 e. The van der Waals surface area contributed by atoms with Crippen molar-refractivity contribution in [2.45, 2.75) is 38.4 Å². The molecule has 0 bridgehead atoms. The van der Waals surface area contributed by atoms with Crippen LogP contribution in [0.3, 0.4) is 0 Å². The van der Waals surface area contributed by atoms with Crippen molar-refractivity contribution >= 4 is 10.0 Å². The zero-order valence-electron chi connectivity index (χ0n) is 10.2. The SMILES string of the molecule is CC(C)S(=O)(=O)N1CCC[C@@]2(CCNC2)C1. The summed E-state index contributed by atoms with van der Waals surface area (Å²) >= 11 is 0. The van der Waals surface area contributed by atoms with E-state index in [-0.39, 0.29) is 10.7 Å². The highest BCUT2D eigenvalue weighted by atomic mass is 32.2. The predicted molar refractivity (Wildman–Crippen MR) is 64.8 cm³/mol. The minimum absolute atomic E-state index is 0.222. The Labute approximate surface area is 98.4 Å². The number of piperidine rings is 1. The van der Waals surface area contributed by atoms with Gasteiger partial charge in [-0.05, 0) is 45.1 Å². The van der Waals surface area contributed by atoms with Gasteiger partial charge in [0, 0.05) is 19.6 Å². The molecule has 0 aromatic rings. The van der Waals surface area contributed by atoms with E-state index in [0.29, 0.717) is 6.54 Å². The van der Waals surface area contributed by atoms with Crippen LogP contribution in [0.5, 0.6) is 0 Å². The maximum atomic E-state index is 12.1. The maximum Gasteiger partial charge on any atom is 0.216 e. The van der Waals surface area contributed by atoms with Gasteiger partial charge >= 0.3 is 0 Å². The number of hydrogen-bond donors (Lipinski definition) is 1. The molecule has 2 aliphatic heterocycles. The second kappa shape index (κ2) is 4.27. The summed E-state index contributed by atoms with van der Waals surface area (Å²) in [7, 11) is -3.06. The summed E-state index contributed by atoms with van der Waals surface area (Å²) in [6.07, 6.45) is 3.30. The molecule has 2 rings (SSSR count). The van der Waals surface area contributed by atoms with Gasteiger partial charge in [-0.3, -0.25) is 0 Å². The van der Waals surface area contributed by atoms with E-state index >= 15 is 0 Å². The van der Waals surface area contributed by atoms with Crippen LogP contribution in [0.1, 0.15) is 33.1 Å². The second-order valence-electron chi connectivity index (χ2n) is 5.46. The van der Waals surface area contributed by atoms with Gasteiger partial charge in [0.15, 0.2) is 0 Å². The molecule has 4 nitrogen and oxygen atoms in total. The highest BCUT2D eigenvalue weighted by Crippen LogP contribution is 2.36. The molecule has 2 aliphatic rings. The van der Waals surface area contributed by atoms with Crippen molar-refractivity contribution in [3.05, 3.63) is 0 Å². The molecular formula is C11H22N2O2S. The maximum absolute atomic E-state index is 12.1. The quantitative estimate of drug-likeness (QED) is 0.784. The van der Waals surface area contributed by atoms with Gasteiger partial charge in [0.25, 0.3) is 0 Å². The highest BCUT2D eigenvalue weighted by Gasteiger charge is 2.41. The van der Waals surface area contributed by atoms with Crippen LogP contribution in [0.25, 0.3) is 0 Å². The number of sulfonamides is 1. The van der Waals surface area contributed by atoms with Gasteiger partial charge in [-0.1, -0.05) is 0 Å². The molecule has 0 amide bonds. The normalized spacial score (nSPS) is 32.7. The molecule has 0 unspecified atom stereocenters. The lowest BCUT2D eigenvalue weighted by Crippen LogP contribution is -2.48. The van der Waals surface area contributed by atoms with E-state index in [1.807, 2.05) is 0 Å². The monoisotopic (exact) mass is 246 g/mol. The molecule has 0 aliphatic carbocycles. The lowest BCUT2D eigenvalue weighted by Gasteiger charge is -2.39. The molecule has 2 heterocycles. The summed E-state index contributed by atoms with van der Waals surface area (Å²) < 4.78 is 26.0. The van der Waals surface area contributed by atoms with Crippen LogP contribution in [-0.2, 0) is 10.0 Å². The van der Waals surface area contributed by atoms with Gasteiger partial charge in [-0.2, -0.15) is 0 Å². The molecule has 0 radical (unpaired) electrons. The lowest BCUT2D eigenvalue weighted by molar-refractivity contribution is 0.166. The molecule has 0 aromatic carbocycles. The van der Waals surface area contributed by atoms with Gasteiger partial charge in [0.2, 0.25) is 10.0 Å². The summed E-state index contributed by atoms with van der Waals surface area (Å²) in [5, 5.41) is 3.07. The first-order valence-electron chi connectivity index (χ1n) is 6.16. The summed E-state index contributed by atoms with van der Waals surface area (Å²) in [6, 6.07) is 0. The standard InChI is InChI=1S/C11H22N2O2S/c1-10(2)16(14,15)13-7-3-4-11(9-13)5-6-12-8-11/h10,12H,3-9H2,1-2H3/t11-/m0/s1. The van der Waals surface area contributed by atoms with Crippen molar-refractivity contribution in [1.82, 2.24) is 9.62 Å².